The third kappa shape index (κ3) is 2.93. The zero-order valence-electron chi connectivity index (χ0n) is 12.0. The fourth-order valence-corrected chi connectivity index (χ4v) is 3.14. The van der Waals surface area contributed by atoms with Crippen LogP contribution in [0.1, 0.15) is 25.7 Å². The summed E-state index contributed by atoms with van der Waals surface area (Å²) in [5.74, 6) is 7.63. The number of hydrazine groups is 1. The van der Waals surface area contributed by atoms with Crippen LogP contribution in [-0.4, -0.2) is 32.6 Å². The van der Waals surface area contributed by atoms with Crippen LogP contribution >= 0.6 is 0 Å². The minimum Gasteiger partial charge on any atom is -0.396 e. The van der Waals surface area contributed by atoms with Gasteiger partial charge in [0, 0.05) is 25.5 Å². The topological polar surface area (TPSA) is 100 Å². The predicted octanol–water partition coefficient (Wildman–Crippen LogP) is 1.23. The number of anilines is 2. The third-order valence-corrected chi connectivity index (χ3v) is 4.35. The van der Waals surface area contributed by atoms with Gasteiger partial charge in [-0.1, -0.05) is 12.8 Å². The van der Waals surface area contributed by atoms with E-state index < -0.39 is 0 Å². The van der Waals surface area contributed by atoms with Gasteiger partial charge in [-0.25, -0.2) is 15.8 Å². The van der Waals surface area contributed by atoms with E-state index in [1.807, 2.05) is 10.6 Å². The van der Waals surface area contributed by atoms with Crippen molar-refractivity contribution in [3.05, 3.63) is 18.6 Å². The van der Waals surface area contributed by atoms with Gasteiger partial charge in [0.15, 0.2) is 17.3 Å². The summed E-state index contributed by atoms with van der Waals surface area (Å²) in [5, 5.41) is 12.9. The highest BCUT2D eigenvalue weighted by Crippen LogP contribution is 2.30. The number of nitrogens with one attached hydrogen (secondary N) is 2. The smallest absolute Gasteiger partial charge is 0.180 e. The fourth-order valence-electron chi connectivity index (χ4n) is 3.14. The maximum Gasteiger partial charge on any atom is 0.180 e. The number of nitrogens with two attached hydrogens (primary N) is 1. The molecule has 2 unspecified atom stereocenters. The Hall–Kier alpha value is -1.86. The number of rotatable bonds is 5. The van der Waals surface area contributed by atoms with Gasteiger partial charge in [0.25, 0.3) is 0 Å². The van der Waals surface area contributed by atoms with Crippen LogP contribution in [0.3, 0.4) is 0 Å². The minimum atomic E-state index is 0.267. The van der Waals surface area contributed by atoms with Gasteiger partial charge < -0.3 is 20.2 Å². The molecule has 7 heteroatoms. The Labute approximate surface area is 123 Å². The molecule has 1 saturated carbocycles. The van der Waals surface area contributed by atoms with E-state index in [9.17, 15) is 5.11 Å². The first-order valence-electron chi connectivity index (χ1n) is 7.47. The number of nitrogen functional groups attached to an aromatic ring is 1. The molecule has 0 spiro atoms. The molecular weight excluding hydrogens is 268 g/mol. The molecule has 1 fully saturated rings. The number of imidazole rings is 1. The van der Waals surface area contributed by atoms with E-state index in [0.717, 1.165) is 30.9 Å². The number of aliphatic hydroxyl groups excluding tert-OH is 1. The van der Waals surface area contributed by atoms with Crippen LogP contribution in [0.5, 0.6) is 0 Å². The van der Waals surface area contributed by atoms with Crippen LogP contribution in [0.25, 0.3) is 5.65 Å². The first-order chi connectivity index (χ1) is 10.3. The van der Waals surface area contributed by atoms with Crippen molar-refractivity contribution in [2.75, 3.05) is 23.9 Å². The number of aromatic nitrogens is 3. The zero-order chi connectivity index (χ0) is 14.7. The number of fused-ring (bicyclic) bond motifs is 1. The van der Waals surface area contributed by atoms with Crippen molar-refractivity contribution in [1.29, 1.82) is 0 Å². The quantitative estimate of drug-likeness (QED) is 0.488. The van der Waals surface area contributed by atoms with Crippen LogP contribution in [-0.2, 0) is 0 Å². The molecule has 0 bridgehead atoms. The van der Waals surface area contributed by atoms with Gasteiger partial charge in [0.2, 0.25) is 0 Å². The van der Waals surface area contributed by atoms with Crippen LogP contribution in [0.2, 0.25) is 0 Å². The van der Waals surface area contributed by atoms with E-state index in [1.54, 1.807) is 12.4 Å². The first-order valence-corrected chi connectivity index (χ1v) is 7.47. The van der Waals surface area contributed by atoms with Gasteiger partial charge in [0.1, 0.15) is 0 Å². The van der Waals surface area contributed by atoms with E-state index in [1.165, 1.54) is 12.8 Å². The molecule has 0 aromatic carbocycles. The first kappa shape index (κ1) is 14.1. The fraction of sp³-hybridized carbons (Fsp3) is 0.571. The molecule has 1 aliphatic rings. The molecule has 2 heterocycles. The van der Waals surface area contributed by atoms with Crippen LogP contribution < -0.4 is 16.6 Å². The van der Waals surface area contributed by atoms with E-state index in [0.29, 0.717) is 17.7 Å². The van der Waals surface area contributed by atoms with Gasteiger partial charge in [-0.3, -0.25) is 0 Å². The number of hydrogen-bond donors (Lipinski definition) is 4. The van der Waals surface area contributed by atoms with Gasteiger partial charge in [-0.15, -0.1) is 0 Å². The predicted molar refractivity (Wildman–Crippen MR) is 81.8 cm³/mol. The van der Waals surface area contributed by atoms with Crippen molar-refractivity contribution in [2.45, 2.75) is 25.7 Å². The molecule has 0 radical (unpaired) electrons. The second kappa shape index (κ2) is 6.28. The van der Waals surface area contributed by atoms with Gasteiger partial charge in [-0.05, 0) is 24.7 Å². The lowest BCUT2D eigenvalue weighted by Crippen LogP contribution is -2.29. The normalized spacial score (nSPS) is 22.4. The Morgan fingerprint density at radius 1 is 1.33 bits per heavy atom. The second-order valence-corrected chi connectivity index (χ2v) is 5.65. The lowest BCUT2D eigenvalue weighted by Gasteiger charge is -2.30. The summed E-state index contributed by atoms with van der Waals surface area (Å²) in [6.07, 6.45) is 10.1. The Morgan fingerprint density at radius 3 is 2.90 bits per heavy atom. The summed E-state index contributed by atoms with van der Waals surface area (Å²) in [4.78, 5) is 8.75. The van der Waals surface area contributed by atoms with Crippen molar-refractivity contribution in [1.82, 2.24) is 14.4 Å². The Bertz CT molecular complexity index is 598. The number of nitrogens with zero attached hydrogens (tertiary/aromatic N) is 3. The van der Waals surface area contributed by atoms with Crippen LogP contribution in [0.15, 0.2) is 18.6 Å². The van der Waals surface area contributed by atoms with Gasteiger partial charge in [0.05, 0.1) is 6.20 Å². The number of aliphatic hydroxyl groups is 1. The third-order valence-electron chi connectivity index (χ3n) is 4.35. The van der Waals surface area contributed by atoms with Crippen molar-refractivity contribution < 1.29 is 5.11 Å². The van der Waals surface area contributed by atoms with Crippen LogP contribution in [0.4, 0.5) is 11.6 Å². The van der Waals surface area contributed by atoms with E-state index in [2.05, 4.69) is 20.7 Å². The molecule has 21 heavy (non-hydrogen) atoms. The second-order valence-electron chi connectivity index (χ2n) is 5.65. The molecule has 2 atom stereocenters. The standard InChI is InChI=1S/C14H22N6O/c15-19-12-8-20-6-5-16-14(20)13(18-12)17-7-10-3-1-2-4-11(10)9-21/h5-6,8,10-11,19,21H,1-4,7,9,15H2,(H,17,18). The van der Waals surface area contributed by atoms with Crippen molar-refractivity contribution in [3.8, 4) is 0 Å². The molecule has 114 valence electrons. The molecule has 2 aromatic rings. The molecule has 7 nitrogen and oxygen atoms in total. The largest absolute Gasteiger partial charge is 0.396 e. The zero-order valence-corrected chi connectivity index (χ0v) is 12.0. The minimum absolute atomic E-state index is 0.267. The summed E-state index contributed by atoms with van der Waals surface area (Å²) < 4.78 is 1.88. The average Bonchev–Trinajstić information content (AvgIpc) is 3.01. The molecule has 0 aliphatic heterocycles. The summed E-state index contributed by atoms with van der Waals surface area (Å²) >= 11 is 0. The highest BCUT2D eigenvalue weighted by Gasteiger charge is 2.24. The van der Waals surface area contributed by atoms with Crippen molar-refractivity contribution in [3.63, 3.8) is 0 Å². The van der Waals surface area contributed by atoms with Crippen molar-refractivity contribution in [2.24, 2.45) is 17.7 Å². The lowest BCUT2D eigenvalue weighted by molar-refractivity contribution is 0.141. The molecule has 3 rings (SSSR count). The van der Waals surface area contributed by atoms with E-state index in [-0.39, 0.29) is 6.61 Å². The summed E-state index contributed by atoms with van der Waals surface area (Å²) in [7, 11) is 0. The van der Waals surface area contributed by atoms with E-state index in [4.69, 9.17) is 5.84 Å². The van der Waals surface area contributed by atoms with Gasteiger partial charge >= 0.3 is 0 Å². The maximum absolute atomic E-state index is 9.49. The van der Waals surface area contributed by atoms with Gasteiger partial charge in [-0.2, -0.15) is 0 Å². The summed E-state index contributed by atoms with van der Waals surface area (Å²) in [6.45, 7) is 1.07. The Kier molecular flexibility index (Phi) is 4.21. The highest BCUT2D eigenvalue weighted by molar-refractivity contribution is 5.65. The average molecular weight is 290 g/mol. The molecule has 5 N–H and O–H groups in total. The molecule has 0 amide bonds. The Balaban J connectivity index is 1.76. The number of hydrogen-bond acceptors (Lipinski definition) is 6. The molecule has 2 aromatic heterocycles. The van der Waals surface area contributed by atoms with E-state index >= 15 is 0 Å². The van der Waals surface area contributed by atoms with Crippen LogP contribution in [0, 0.1) is 11.8 Å². The molecular formula is C14H22N6O. The monoisotopic (exact) mass is 290 g/mol. The maximum atomic E-state index is 9.49. The summed E-state index contributed by atoms with van der Waals surface area (Å²) in [5.41, 5.74) is 3.35. The van der Waals surface area contributed by atoms with Crippen molar-refractivity contribution >= 4 is 17.3 Å². The SMILES string of the molecule is NNc1cn2ccnc2c(NCC2CCCCC2CO)n1. The molecule has 0 saturated heterocycles. The highest BCUT2D eigenvalue weighted by atomic mass is 16.3. The molecule has 1 aliphatic carbocycles. The Morgan fingerprint density at radius 2 is 2.14 bits per heavy atom. The summed E-state index contributed by atoms with van der Waals surface area (Å²) in [6, 6.07) is 0. The lowest BCUT2D eigenvalue weighted by atomic mass is 9.79.